The van der Waals surface area contributed by atoms with E-state index >= 15 is 0 Å². The maximum absolute atomic E-state index is 12.5. The van der Waals surface area contributed by atoms with Crippen molar-refractivity contribution in [1.82, 2.24) is 15.2 Å². The molecule has 1 saturated heterocycles. The highest BCUT2D eigenvalue weighted by molar-refractivity contribution is 5.78. The highest BCUT2D eigenvalue weighted by Crippen LogP contribution is 2.30. The molecule has 0 bridgehead atoms. The van der Waals surface area contributed by atoms with Crippen LogP contribution in [0.3, 0.4) is 0 Å². The third-order valence-corrected chi connectivity index (χ3v) is 7.06. The first kappa shape index (κ1) is 24.9. The Bertz CT molecular complexity index is 1090. The number of ether oxygens (including phenoxy) is 2. The number of nitrogens with zero attached hydrogens (tertiary/aromatic N) is 4. The van der Waals surface area contributed by atoms with Gasteiger partial charge in [0.15, 0.2) is 0 Å². The second kappa shape index (κ2) is 11.9. The zero-order valence-corrected chi connectivity index (χ0v) is 20.2. The smallest absolute Gasteiger partial charge is 0.269 e. The van der Waals surface area contributed by atoms with Gasteiger partial charge in [0.05, 0.1) is 36.7 Å². The summed E-state index contributed by atoms with van der Waals surface area (Å²) < 4.78 is 11.8. The predicted molar refractivity (Wildman–Crippen MR) is 130 cm³/mol. The second-order valence-corrected chi connectivity index (χ2v) is 9.52. The first-order chi connectivity index (χ1) is 17.0. The van der Waals surface area contributed by atoms with Crippen molar-refractivity contribution in [3.63, 3.8) is 0 Å². The molecule has 2 fully saturated rings. The number of hydrogen-bond donors (Lipinski definition) is 1. The molecule has 2 aromatic heterocycles. The fourth-order valence-corrected chi connectivity index (χ4v) is 5.03. The largest absolute Gasteiger partial charge is 0.474 e. The Morgan fingerprint density at radius 3 is 2.80 bits per heavy atom. The van der Waals surface area contributed by atoms with Crippen LogP contribution in [0, 0.1) is 24.2 Å². The molecule has 0 spiro atoms. The Kier molecular flexibility index (Phi) is 8.48. The lowest BCUT2D eigenvalue weighted by atomic mass is 9.84. The Morgan fingerprint density at radius 2 is 2.06 bits per heavy atom. The monoisotopic (exact) mass is 479 g/mol. The molecule has 1 aliphatic carbocycles. The van der Waals surface area contributed by atoms with Gasteiger partial charge in [0, 0.05) is 37.2 Å². The van der Waals surface area contributed by atoms with E-state index in [9.17, 15) is 9.59 Å². The Hall–Kier alpha value is -3.25. The van der Waals surface area contributed by atoms with Gasteiger partial charge in [0.25, 0.3) is 5.56 Å². The molecule has 1 N–H and O–H groups in total. The van der Waals surface area contributed by atoms with E-state index < -0.39 is 0 Å². The van der Waals surface area contributed by atoms with Gasteiger partial charge in [-0.15, -0.1) is 0 Å². The van der Waals surface area contributed by atoms with E-state index in [1.54, 1.807) is 18.3 Å². The van der Waals surface area contributed by atoms with Crippen LogP contribution in [-0.2, 0) is 9.53 Å². The lowest BCUT2D eigenvalue weighted by Gasteiger charge is -2.28. The first-order valence-corrected chi connectivity index (χ1v) is 12.5. The zero-order valence-electron chi connectivity index (χ0n) is 20.2. The number of ketones is 1. The van der Waals surface area contributed by atoms with E-state index in [4.69, 9.17) is 14.7 Å². The van der Waals surface area contributed by atoms with Crippen LogP contribution in [-0.4, -0.2) is 52.9 Å². The van der Waals surface area contributed by atoms with Crippen molar-refractivity contribution in [2.75, 3.05) is 24.7 Å². The minimum atomic E-state index is -0.161. The maximum atomic E-state index is 12.5. The zero-order chi connectivity index (χ0) is 24.6. The third-order valence-electron chi connectivity index (χ3n) is 7.06. The molecule has 0 aromatic carbocycles. The molecule has 3 heterocycles. The van der Waals surface area contributed by atoms with Crippen molar-refractivity contribution in [3.05, 3.63) is 46.0 Å². The predicted octanol–water partition coefficient (Wildman–Crippen LogP) is 3.32. The minimum absolute atomic E-state index is 0.110. The number of aromatic amines is 1. The summed E-state index contributed by atoms with van der Waals surface area (Å²) in [5.41, 5.74) is 1.90. The topological polar surface area (TPSA) is 121 Å². The first-order valence-electron chi connectivity index (χ1n) is 12.5. The minimum Gasteiger partial charge on any atom is -0.474 e. The van der Waals surface area contributed by atoms with E-state index in [-0.39, 0.29) is 23.5 Å². The normalized spacial score (nSPS) is 22.1. The molecule has 2 aliphatic rings. The average Bonchev–Trinajstić information content (AvgIpc) is 3.33. The number of pyridine rings is 1. The van der Waals surface area contributed by atoms with Crippen LogP contribution >= 0.6 is 0 Å². The molecule has 35 heavy (non-hydrogen) atoms. The molecule has 0 unspecified atom stereocenters. The fraction of sp³-hybridized carbons (Fsp3) is 0.577. The lowest BCUT2D eigenvalue weighted by molar-refractivity contribution is -0.121. The standard InChI is InChI=1S/C26H33N5O4/c1-18-24(16-29-30-26(18)33)31-11-2-3-21(31)17-34-12-10-22(32)13-19-4-7-23(8-5-19)35-25-9-6-20(14-27)15-28-25/h6,9,15-16,19,21,23H,2-5,7-8,10-13,17H2,1H3,(H,30,33)/t19?,21-,23?/m0/s1. The highest BCUT2D eigenvalue weighted by atomic mass is 16.5. The van der Waals surface area contributed by atoms with Crippen LogP contribution in [0.15, 0.2) is 29.3 Å². The van der Waals surface area contributed by atoms with Gasteiger partial charge in [-0.1, -0.05) is 0 Å². The Balaban J connectivity index is 1.13. The van der Waals surface area contributed by atoms with E-state index in [0.29, 0.717) is 49.0 Å². The van der Waals surface area contributed by atoms with Crippen molar-refractivity contribution in [3.8, 4) is 11.9 Å². The van der Waals surface area contributed by atoms with Crippen molar-refractivity contribution in [1.29, 1.82) is 5.26 Å². The van der Waals surface area contributed by atoms with Crippen LogP contribution in [0.1, 0.15) is 62.5 Å². The highest BCUT2D eigenvalue weighted by Gasteiger charge is 2.27. The number of aromatic nitrogens is 3. The second-order valence-electron chi connectivity index (χ2n) is 9.52. The lowest BCUT2D eigenvalue weighted by Crippen LogP contribution is -2.35. The van der Waals surface area contributed by atoms with Crippen molar-refractivity contribution in [2.24, 2.45) is 5.92 Å². The van der Waals surface area contributed by atoms with Crippen LogP contribution in [0.4, 0.5) is 5.69 Å². The number of nitrogens with one attached hydrogen (secondary N) is 1. The van der Waals surface area contributed by atoms with Crippen molar-refractivity contribution in [2.45, 2.75) is 70.4 Å². The SMILES string of the molecule is Cc1c(N2CCC[C@H]2COCCC(=O)CC2CCC(Oc3ccc(C#N)cn3)CC2)cn[nH]c1=O. The number of rotatable bonds is 10. The molecular weight excluding hydrogens is 446 g/mol. The van der Waals surface area contributed by atoms with Gasteiger partial charge < -0.3 is 14.4 Å². The summed E-state index contributed by atoms with van der Waals surface area (Å²) in [7, 11) is 0. The number of carbonyl (C=O) groups is 1. The molecule has 1 saturated carbocycles. The van der Waals surface area contributed by atoms with E-state index in [1.807, 2.05) is 6.92 Å². The summed E-state index contributed by atoms with van der Waals surface area (Å²) in [6.07, 6.45) is 10.2. The van der Waals surface area contributed by atoms with Gasteiger partial charge in [-0.05, 0) is 57.4 Å². The number of hydrogen-bond acceptors (Lipinski definition) is 8. The molecule has 4 rings (SSSR count). The molecule has 9 nitrogen and oxygen atoms in total. The molecule has 186 valence electrons. The van der Waals surface area contributed by atoms with Gasteiger partial charge >= 0.3 is 0 Å². The van der Waals surface area contributed by atoms with Gasteiger partial charge in [-0.2, -0.15) is 10.4 Å². The summed E-state index contributed by atoms with van der Waals surface area (Å²) in [4.78, 5) is 30.8. The number of nitriles is 1. The Labute approximate surface area is 205 Å². The van der Waals surface area contributed by atoms with Crippen LogP contribution in [0.25, 0.3) is 0 Å². The summed E-state index contributed by atoms with van der Waals surface area (Å²) in [6.45, 7) is 3.67. The van der Waals surface area contributed by atoms with Gasteiger partial charge in [-0.25, -0.2) is 10.1 Å². The Morgan fingerprint density at radius 1 is 1.23 bits per heavy atom. The van der Waals surface area contributed by atoms with Gasteiger partial charge in [0.1, 0.15) is 18.0 Å². The number of H-pyrrole nitrogens is 1. The molecule has 0 radical (unpaired) electrons. The third kappa shape index (κ3) is 6.67. The molecular formula is C26H33N5O4. The molecule has 0 amide bonds. The van der Waals surface area contributed by atoms with E-state index in [1.165, 1.54) is 6.20 Å². The van der Waals surface area contributed by atoms with E-state index in [0.717, 1.165) is 50.8 Å². The van der Waals surface area contributed by atoms with Crippen LogP contribution in [0.5, 0.6) is 5.88 Å². The number of Topliss-reactive ketones (excluding diaryl/α,β-unsaturated/α-hetero) is 1. The molecule has 9 heteroatoms. The maximum Gasteiger partial charge on any atom is 0.269 e. The van der Waals surface area contributed by atoms with E-state index in [2.05, 4.69) is 26.2 Å². The molecule has 1 aliphatic heterocycles. The summed E-state index contributed by atoms with van der Waals surface area (Å²) in [6, 6.07) is 5.69. The van der Waals surface area contributed by atoms with Crippen molar-refractivity contribution >= 4 is 11.5 Å². The quantitative estimate of drug-likeness (QED) is 0.515. The number of anilines is 1. The van der Waals surface area contributed by atoms with Gasteiger partial charge in [0.2, 0.25) is 5.88 Å². The molecule has 2 aromatic rings. The summed E-state index contributed by atoms with van der Waals surface area (Å²) in [5, 5.41) is 15.3. The van der Waals surface area contributed by atoms with Crippen LogP contribution in [0.2, 0.25) is 0 Å². The molecule has 1 atom stereocenters. The summed E-state index contributed by atoms with van der Waals surface area (Å²) in [5.74, 6) is 1.20. The van der Waals surface area contributed by atoms with Crippen LogP contribution < -0.4 is 15.2 Å². The van der Waals surface area contributed by atoms with Gasteiger partial charge in [-0.3, -0.25) is 9.59 Å². The fourth-order valence-electron chi connectivity index (χ4n) is 5.03. The average molecular weight is 480 g/mol. The summed E-state index contributed by atoms with van der Waals surface area (Å²) >= 11 is 0. The van der Waals surface area contributed by atoms with Crippen molar-refractivity contribution < 1.29 is 14.3 Å². The number of carbonyl (C=O) groups excluding carboxylic acids is 1.